The van der Waals surface area contributed by atoms with E-state index in [1.165, 1.54) is 11.3 Å². The number of thiazole rings is 1. The second-order valence-corrected chi connectivity index (χ2v) is 6.56. The molecule has 0 aliphatic rings. The molecular weight excluding hydrogens is 312 g/mol. The number of benzene rings is 1. The lowest BCUT2D eigenvalue weighted by atomic mass is 10.1. The number of carbonyl (C=O) groups excluding carboxylic acids is 1. The highest BCUT2D eigenvalue weighted by Gasteiger charge is 2.11. The number of anilines is 1. The lowest BCUT2D eigenvalue weighted by Crippen LogP contribution is -2.21. The molecule has 0 atom stereocenters. The van der Waals surface area contributed by atoms with Gasteiger partial charge in [-0.2, -0.15) is 0 Å². The number of amides is 1. The minimum absolute atomic E-state index is 0.0487. The number of aryl methyl sites for hydroxylation is 1. The van der Waals surface area contributed by atoms with E-state index in [0.29, 0.717) is 11.7 Å². The first-order valence-electron chi connectivity index (χ1n) is 7.35. The number of rotatable bonds is 7. The van der Waals surface area contributed by atoms with Crippen molar-refractivity contribution in [2.45, 2.75) is 6.92 Å². The Balaban J connectivity index is 2.05. The zero-order valence-electron chi connectivity index (χ0n) is 13.6. The third-order valence-electron chi connectivity index (χ3n) is 3.16. The molecule has 0 aliphatic carbocycles. The number of aromatic nitrogens is 1. The van der Waals surface area contributed by atoms with Crippen LogP contribution in [0.15, 0.2) is 24.3 Å². The van der Waals surface area contributed by atoms with Crippen molar-refractivity contribution in [1.29, 1.82) is 0 Å². The maximum Gasteiger partial charge on any atom is 0.239 e. The quantitative estimate of drug-likeness (QED) is 0.809. The van der Waals surface area contributed by atoms with E-state index in [9.17, 15) is 4.79 Å². The van der Waals surface area contributed by atoms with Crippen LogP contribution in [0.25, 0.3) is 11.3 Å². The summed E-state index contributed by atoms with van der Waals surface area (Å²) >= 11 is 1.44. The van der Waals surface area contributed by atoms with Crippen molar-refractivity contribution in [3.63, 3.8) is 0 Å². The number of nitrogens with two attached hydrogens (primary N) is 1. The number of likely N-dealkylation sites (N-methyl/N-ethyl adjacent to an activating group) is 1. The van der Waals surface area contributed by atoms with Crippen molar-refractivity contribution in [2.75, 3.05) is 39.1 Å². The third-order valence-corrected chi connectivity index (χ3v) is 4.05. The number of carbonyl (C=O) groups is 1. The molecular formula is C16H22N4O2S. The Labute approximate surface area is 140 Å². The van der Waals surface area contributed by atoms with Gasteiger partial charge in [0.1, 0.15) is 12.4 Å². The molecule has 6 nitrogen and oxygen atoms in total. The maximum atomic E-state index is 11.3. The Bertz CT molecular complexity index is 653. The minimum atomic E-state index is -0.241. The molecule has 7 heteroatoms. The van der Waals surface area contributed by atoms with Crippen LogP contribution in [0.4, 0.5) is 5.13 Å². The van der Waals surface area contributed by atoms with Crippen molar-refractivity contribution >= 4 is 22.4 Å². The van der Waals surface area contributed by atoms with Gasteiger partial charge in [0.25, 0.3) is 0 Å². The van der Waals surface area contributed by atoms with Gasteiger partial charge in [-0.15, -0.1) is 11.3 Å². The third kappa shape index (κ3) is 5.02. The van der Waals surface area contributed by atoms with E-state index in [1.54, 1.807) is 0 Å². The first kappa shape index (κ1) is 17.4. The molecule has 1 aromatic heterocycles. The molecule has 0 aliphatic heterocycles. The van der Waals surface area contributed by atoms with Crippen LogP contribution in [-0.2, 0) is 4.79 Å². The summed E-state index contributed by atoms with van der Waals surface area (Å²) in [6, 6.07) is 7.81. The second-order valence-electron chi connectivity index (χ2n) is 5.35. The van der Waals surface area contributed by atoms with Crippen molar-refractivity contribution in [1.82, 2.24) is 9.88 Å². The van der Waals surface area contributed by atoms with E-state index >= 15 is 0 Å². The van der Waals surface area contributed by atoms with Gasteiger partial charge in [-0.1, -0.05) is 0 Å². The van der Waals surface area contributed by atoms with Gasteiger partial charge in [0.2, 0.25) is 5.91 Å². The van der Waals surface area contributed by atoms with Gasteiger partial charge in [0, 0.05) is 17.0 Å². The molecule has 0 saturated heterocycles. The van der Waals surface area contributed by atoms with Crippen molar-refractivity contribution < 1.29 is 9.53 Å². The van der Waals surface area contributed by atoms with Gasteiger partial charge in [-0.25, -0.2) is 4.98 Å². The summed E-state index contributed by atoms with van der Waals surface area (Å²) in [4.78, 5) is 18.9. The van der Waals surface area contributed by atoms with Crippen molar-refractivity contribution in [2.24, 2.45) is 5.73 Å². The molecule has 1 heterocycles. The Morgan fingerprint density at radius 3 is 2.65 bits per heavy atom. The van der Waals surface area contributed by atoms with Crippen LogP contribution in [0, 0.1) is 6.92 Å². The SMILES string of the molecule is Cc1sc(NC(=O)CN)nc1-c1ccc(OCCN(C)C)cc1. The Morgan fingerprint density at radius 1 is 1.35 bits per heavy atom. The van der Waals surface area contributed by atoms with E-state index in [2.05, 4.69) is 15.2 Å². The molecule has 0 bridgehead atoms. The summed E-state index contributed by atoms with van der Waals surface area (Å²) in [7, 11) is 4.02. The summed E-state index contributed by atoms with van der Waals surface area (Å²) in [6.07, 6.45) is 0. The fourth-order valence-corrected chi connectivity index (χ4v) is 2.80. The molecule has 0 fully saturated rings. The van der Waals surface area contributed by atoms with Crippen LogP contribution in [-0.4, -0.2) is 49.6 Å². The molecule has 1 amide bonds. The van der Waals surface area contributed by atoms with Crippen LogP contribution in [0.2, 0.25) is 0 Å². The van der Waals surface area contributed by atoms with Crippen molar-refractivity contribution in [3.8, 4) is 17.0 Å². The molecule has 2 rings (SSSR count). The predicted octanol–water partition coefficient (Wildman–Crippen LogP) is 1.96. The molecule has 0 saturated carbocycles. The summed E-state index contributed by atoms with van der Waals surface area (Å²) in [5.74, 6) is 0.593. The standard InChI is InChI=1S/C16H22N4O2S/c1-11-15(19-16(23-11)18-14(21)10-17)12-4-6-13(7-5-12)22-9-8-20(2)3/h4-7H,8-10,17H2,1-3H3,(H,18,19,21). The second kappa shape index (κ2) is 8.05. The largest absolute Gasteiger partial charge is 0.492 e. The molecule has 3 N–H and O–H groups in total. The molecule has 2 aromatic rings. The Morgan fingerprint density at radius 2 is 2.04 bits per heavy atom. The summed E-state index contributed by atoms with van der Waals surface area (Å²) in [5, 5.41) is 3.26. The van der Waals surface area contributed by atoms with Gasteiger partial charge in [-0.05, 0) is 45.3 Å². The summed E-state index contributed by atoms with van der Waals surface area (Å²) < 4.78 is 5.68. The highest BCUT2D eigenvalue weighted by atomic mass is 32.1. The average molecular weight is 334 g/mol. The van der Waals surface area contributed by atoms with Gasteiger partial charge < -0.3 is 20.7 Å². The fraction of sp³-hybridized carbons (Fsp3) is 0.375. The zero-order valence-corrected chi connectivity index (χ0v) is 14.4. The number of ether oxygens (including phenoxy) is 1. The number of nitrogens with zero attached hydrogens (tertiary/aromatic N) is 2. The predicted molar refractivity (Wildman–Crippen MR) is 94.0 cm³/mol. The zero-order chi connectivity index (χ0) is 16.8. The highest BCUT2D eigenvalue weighted by molar-refractivity contribution is 7.16. The monoisotopic (exact) mass is 334 g/mol. The Kier molecular flexibility index (Phi) is 6.09. The van der Waals surface area contributed by atoms with Gasteiger partial charge in [0.05, 0.1) is 12.2 Å². The normalized spacial score (nSPS) is 10.8. The molecule has 23 heavy (non-hydrogen) atoms. The van der Waals surface area contributed by atoms with Gasteiger partial charge >= 0.3 is 0 Å². The van der Waals surface area contributed by atoms with Crippen LogP contribution in [0.5, 0.6) is 5.75 Å². The molecule has 124 valence electrons. The van der Waals surface area contributed by atoms with Gasteiger partial charge in [0.15, 0.2) is 5.13 Å². The molecule has 1 aromatic carbocycles. The summed E-state index contributed by atoms with van der Waals surface area (Å²) in [5.41, 5.74) is 7.15. The molecule has 0 spiro atoms. The lowest BCUT2D eigenvalue weighted by Gasteiger charge is -2.11. The summed E-state index contributed by atoms with van der Waals surface area (Å²) in [6.45, 7) is 3.45. The first-order valence-corrected chi connectivity index (χ1v) is 8.16. The molecule has 0 radical (unpaired) electrons. The number of hydrogen-bond donors (Lipinski definition) is 2. The topological polar surface area (TPSA) is 80.5 Å². The number of nitrogens with one attached hydrogen (secondary N) is 1. The lowest BCUT2D eigenvalue weighted by molar-refractivity contribution is -0.114. The van der Waals surface area contributed by atoms with E-state index < -0.39 is 0 Å². The van der Waals surface area contributed by atoms with Crippen LogP contribution >= 0.6 is 11.3 Å². The van der Waals surface area contributed by atoms with Crippen LogP contribution in [0.1, 0.15) is 4.88 Å². The fourth-order valence-electron chi connectivity index (χ4n) is 1.94. The molecule has 0 unspecified atom stereocenters. The van der Waals surface area contributed by atoms with E-state index in [1.807, 2.05) is 45.3 Å². The minimum Gasteiger partial charge on any atom is -0.492 e. The van der Waals surface area contributed by atoms with E-state index in [-0.39, 0.29) is 12.5 Å². The van der Waals surface area contributed by atoms with Crippen LogP contribution < -0.4 is 15.8 Å². The first-order chi connectivity index (χ1) is 11.0. The van der Waals surface area contributed by atoms with E-state index in [4.69, 9.17) is 10.5 Å². The van der Waals surface area contributed by atoms with Gasteiger partial charge in [-0.3, -0.25) is 4.79 Å². The van der Waals surface area contributed by atoms with E-state index in [0.717, 1.165) is 28.4 Å². The average Bonchev–Trinajstić information content (AvgIpc) is 2.88. The van der Waals surface area contributed by atoms with Crippen molar-refractivity contribution in [3.05, 3.63) is 29.1 Å². The maximum absolute atomic E-state index is 11.3. The Hall–Kier alpha value is -1.96. The van der Waals surface area contributed by atoms with Crippen LogP contribution in [0.3, 0.4) is 0 Å². The smallest absolute Gasteiger partial charge is 0.239 e. The number of hydrogen-bond acceptors (Lipinski definition) is 6. The highest BCUT2D eigenvalue weighted by Crippen LogP contribution is 2.31.